The van der Waals surface area contributed by atoms with Crippen LogP contribution in [0.1, 0.15) is 18.1 Å². The predicted molar refractivity (Wildman–Crippen MR) is 89.7 cm³/mol. The maximum Gasteiger partial charge on any atom is 0.339 e. The zero-order valence-corrected chi connectivity index (χ0v) is 13.4. The fourth-order valence-corrected chi connectivity index (χ4v) is 1.95. The average molecular weight is 346 g/mol. The molecule has 21 heavy (non-hydrogen) atoms. The zero-order valence-electron chi connectivity index (χ0n) is 11.9. The quantitative estimate of drug-likeness (QED) is 0.632. The van der Waals surface area contributed by atoms with Crippen LogP contribution in [0.4, 0.5) is 10.5 Å². The van der Waals surface area contributed by atoms with E-state index in [1.54, 1.807) is 12.1 Å². The number of carbonyl (C=O) groups is 1. The van der Waals surface area contributed by atoms with Gasteiger partial charge in [-0.2, -0.15) is 5.10 Å². The standard InChI is InChI=1S/C16H16BrN3O/c1-11-3-5-13(6-4-11)12(2)19-20-16(21)18-15-9-7-14(17)8-10-15/h3-10H,1-2H3,(H2,18,20,21)/b19-12+. The van der Waals surface area contributed by atoms with E-state index in [1.807, 2.05) is 50.2 Å². The van der Waals surface area contributed by atoms with E-state index in [-0.39, 0.29) is 6.03 Å². The highest BCUT2D eigenvalue weighted by atomic mass is 79.9. The van der Waals surface area contributed by atoms with Crippen LogP contribution in [-0.2, 0) is 0 Å². The molecule has 0 atom stereocenters. The molecule has 0 saturated heterocycles. The molecule has 0 aliphatic carbocycles. The molecule has 0 aromatic heterocycles. The Balaban J connectivity index is 1.94. The van der Waals surface area contributed by atoms with E-state index in [0.29, 0.717) is 5.69 Å². The fourth-order valence-electron chi connectivity index (χ4n) is 1.69. The first kappa shape index (κ1) is 15.3. The first-order valence-corrected chi connectivity index (χ1v) is 7.28. The number of halogens is 1. The molecule has 0 aliphatic rings. The Hall–Kier alpha value is -2.14. The van der Waals surface area contributed by atoms with E-state index in [1.165, 1.54) is 5.56 Å². The first-order valence-electron chi connectivity index (χ1n) is 6.48. The van der Waals surface area contributed by atoms with Crippen LogP contribution in [0.5, 0.6) is 0 Å². The highest BCUT2D eigenvalue weighted by Crippen LogP contribution is 2.13. The number of hydrazone groups is 1. The van der Waals surface area contributed by atoms with Crippen LogP contribution in [0.2, 0.25) is 0 Å². The lowest BCUT2D eigenvalue weighted by Crippen LogP contribution is -2.25. The molecule has 0 saturated carbocycles. The summed E-state index contributed by atoms with van der Waals surface area (Å²) in [5.74, 6) is 0. The number of carbonyl (C=O) groups excluding carboxylic acids is 1. The van der Waals surface area contributed by atoms with Crippen LogP contribution in [0.15, 0.2) is 58.1 Å². The molecule has 4 nitrogen and oxygen atoms in total. The van der Waals surface area contributed by atoms with Crippen molar-refractivity contribution in [2.45, 2.75) is 13.8 Å². The third-order valence-electron chi connectivity index (χ3n) is 2.90. The number of anilines is 1. The van der Waals surface area contributed by atoms with E-state index in [0.717, 1.165) is 15.7 Å². The summed E-state index contributed by atoms with van der Waals surface area (Å²) in [4.78, 5) is 11.7. The molecule has 0 fully saturated rings. The summed E-state index contributed by atoms with van der Waals surface area (Å²) in [5, 5.41) is 6.79. The van der Waals surface area contributed by atoms with Gasteiger partial charge in [-0.15, -0.1) is 0 Å². The summed E-state index contributed by atoms with van der Waals surface area (Å²) in [5.41, 5.74) is 6.11. The minimum Gasteiger partial charge on any atom is -0.307 e. The number of nitrogens with zero attached hydrogens (tertiary/aromatic N) is 1. The average Bonchev–Trinajstić information content (AvgIpc) is 2.48. The molecule has 0 aliphatic heterocycles. The lowest BCUT2D eigenvalue weighted by Gasteiger charge is -2.06. The lowest BCUT2D eigenvalue weighted by atomic mass is 10.1. The number of urea groups is 1. The summed E-state index contributed by atoms with van der Waals surface area (Å²) in [6.45, 7) is 3.88. The van der Waals surface area contributed by atoms with Gasteiger partial charge in [0, 0.05) is 10.2 Å². The molecular formula is C16H16BrN3O. The van der Waals surface area contributed by atoms with E-state index in [2.05, 4.69) is 31.8 Å². The maximum absolute atomic E-state index is 11.7. The zero-order chi connectivity index (χ0) is 15.2. The second-order valence-corrected chi connectivity index (χ2v) is 5.55. The highest BCUT2D eigenvalue weighted by Gasteiger charge is 2.01. The number of benzene rings is 2. The number of hydrogen-bond acceptors (Lipinski definition) is 2. The summed E-state index contributed by atoms with van der Waals surface area (Å²) >= 11 is 3.34. The Kier molecular flexibility index (Phi) is 5.11. The molecule has 108 valence electrons. The predicted octanol–water partition coefficient (Wildman–Crippen LogP) is 4.30. The molecule has 0 unspecified atom stereocenters. The van der Waals surface area contributed by atoms with Crippen molar-refractivity contribution in [1.29, 1.82) is 0 Å². The van der Waals surface area contributed by atoms with E-state index in [4.69, 9.17) is 0 Å². The highest BCUT2D eigenvalue weighted by molar-refractivity contribution is 9.10. The van der Waals surface area contributed by atoms with Gasteiger partial charge >= 0.3 is 6.03 Å². The molecule has 5 heteroatoms. The lowest BCUT2D eigenvalue weighted by molar-refractivity contribution is 0.252. The van der Waals surface area contributed by atoms with Crippen LogP contribution in [0.25, 0.3) is 0 Å². The van der Waals surface area contributed by atoms with E-state index in [9.17, 15) is 4.79 Å². The van der Waals surface area contributed by atoms with Crippen molar-refractivity contribution in [3.63, 3.8) is 0 Å². The second-order valence-electron chi connectivity index (χ2n) is 4.64. The Morgan fingerprint density at radius 1 is 1.05 bits per heavy atom. The van der Waals surface area contributed by atoms with Gasteiger partial charge in [-0.1, -0.05) is 45.8 Å². The summed E-state index contributed by atoms with van der Waals surface area (Å²) in [7, 11) is 0. The summed E-state index contributed by atoms with van der Waals surface area (Å²) in [6.07, 6.45) is 0. The molecule has 0 bridgehead atoms. The fraction of sp³-hybridized carbons (Fsp3) is 0.125. The number of aryl methyl sites for hydroxylation is 1. The van der Waals surface area contributed by atoms with Crippen LogP contribution in [0, 0.1) is 6.92 Å². The van der Waals surface area contributed by atoms with Crippen molar-refractivity contribution in [2.75, 3.05) is 5.32 Å². The Labute approximate surface area is 132 Å². The SMILES string of the molecule is C/C(=N\NC(=O)Nc1ccc(Br)cc1)c1ccc(C)cc1. The van der Waals surface area contributed by atoms with Gasteiger partial charge in [0.25, 0.3) is 0 Å². The first-order chi connectivity index (χ1) is 10.0. The molecule has 0 heterocycles. The molecule has 0 spiro atoms. The van der Waals surface area contributed by atoms with Crippen molar-refractivity contribution in [3.8, 4) is 0 Å². The monoisotopic (exact) mass is 345 g/mol. The Morgan fingerprint density at radius 3 is 2.29 bits per heavy atom. The van der Waals surface area contributed by atoms with E-state index >= 15 is 0 Å². The third-order valence-corrected chi connectivity index (χ3v) is 3.43. The minimum atomic E-state index is -0.371. The third kappa shape index (κ3) is 4.72. The van der Waals surface area contributed by atoms with Gasteiger partial charge in [-0.25, -0.2) is 10.2 Å². The molecule has 2 N–H and O–H groups in total. The topological polar surface area (TPSA) is 53.5 Å². The molecular weight excluding hydrogens is 330 g/mol. The number of amides is 2. The smallest absolute Gasteiger partial charge is 0.307 e. The molecule has 2 aromatic rings. The van der Waals surface area contributed by atoms with Crippen molar-refractivity contribution >= 4 is 33.4 Å². The molecule has 2 amide bonds. The van der Waals surface area contributed by atoms with Crippen molar-refractivity contribution < 1.29 is 4.79 Å². The van der Waals surface area contributed by atoms with Gasteiger partial charge in [0.1, 0.15) is 0 Å². The normalized spacial score (nSPS) is 11.1. The summed E-state index contributed by atoms with van der Waals surface area (Å²) in [6, 6.07) is 14.9. The van der Waals surface area contributed by atoms with Crippen LogP contribution in [0.3, 0.4) is 0 Å². The van der Waals surface area contributed by atoms with Crippen LogP contribution < -0.4 is 10.7 Å². The molecule has 0 radical (unpaired) electrons. The van der Waals surface area contributed by atoms with E-state index < -0.39 is 0 Å². The van der Waals surface area contributed by atoms with Crippen LogP contribution in [-0.4, -0.2) is 11.7 Å². The summed E-state index contributed by atoms with van der Waals surface area (Å²) < 4.78 is 0.960. The van der Waals surface area contributed by atoms with Gasteiger partial charge in [0.2, 0.25) is 0 Å². The van der Waals surface area contributed by atoms with Gasteiger partial charge in [0.15, 0.2) is 0 Å². The molecule has 2 rings (SSSR count). The number of hydrogen-bond donors (Lipinski definition) is 2. The maximum atomic E-state index is 11.7. The number of nitrogens with one attached hydrogen (secondary N) is 2. The number of rotatable bonds is 3. The van der Waals surface area contributed by atoms with Crippen molar-refractivity contribution in [3.05, 3.63) is 64.1 Å². The molecule has 2 aromatic carbocycles. The van der Waals surface area contributed by atoms with Crippen molar-refractivity contribution in [1.82, 2.24) is 5.43 Å². The Morgan fingerprint density at radius 2 is 1.67 bits per heavy atom. The Bertz CT molecular complexity index is 648. The van der Waals surface area contributed by atoms with Gasteiger partial charge in [-0.3, -0.25) is 0 Å². The van der Waals surface area contributed by atoms with Gasteiger partial charge in [-0.05, 0) is 43.7 Å². The van der Waals surface area contributed by atoms with Gasteiger partial charge in [0.05, 0.1) is 5.71 Å². The minimum absolute atomic E-state index is 0.371. The van der Waals surface area contributed by atoms with Crippen LogP contribution >= 0.6 is 15.9 Å². The second kappa shape index (κ2) is 7.04. The largest absolute Gasteiger partial charge is 0.339 e. The van der Waals surface area contributed by atoms with Gasteiger partial charge < -0.3 is 5.32 Å². The van der Waals surface area contributed by atoms with Crippen molar-refractivity contribution in [2.24, 2.45) is 5.10 Å².